The summed E-state index contributed by atoms with van der Waals surface area (Å²) in [7, 11) is 0. The molecule has 2 aromatic rings. The van der Waals surface area contributed by atoms with Crippen molar-refractivity contribution in [2.45, 2.75) is 0 Å². The Labute approximate surface area is 101 Å². The van der Waals surface area contributed by atoms with Crippen LogP contribution in [0.2, 0.25) is 0 Å². The smallest absolute Gasteiger partial charge is 0.141 e. The monoisotopic (exact) mass is 281 g/mol. The molecule has 0 radical (unpaired) electrons. The molecule has 0 aliphatic heterocycles. The van der Waals surface area contributed by atoms with Crippen molar-refractivity contribution in [3.05, 3.63) is 52.8 Å². The Kier molecular flexibility index (Phi) is 3.10. The summed E-state index contributed by atoms with van der Waals surface area (Å²) in [6, 6.07) is 11.6. The molecular formula is C12H9BrFNO. The van der Waals surface area contributed by atoms with E-state index in [2.05, 4.69) is 15.9 Å². The number of nitrogen functional groups attached to an aromatic ring is 1. The van der Waals surface area contributed by atoms with Crippen LogP contribution in [0.4, 0.5) is 10.1 Å². The minimum atomic E-state index is -0.360. The van der Waals surface area contributed by atoms with Crippen LogP contribution in [0.5, 0.6) is 11.5 Å². The van der Waals surface area contributed by atoms with Crippen molar-refractivity contribution in [1.29, 1.82) is 0 Å². The average Bonchev–Trinajstić information content (AvgIpc) is 2.24. The summed E-state index contributed by atoms with van der Waals surface area (Å²) in [6.07, 6.45) is 0. The molecule has 0 bridgehead atoms. The van der Waals surface area contributed by atoms with Crippen molar-refractivity contribution in [3.63, 3.8) is 0 Å². The van der Waals surface area contributed by atoms with Gasteiger partial charge in [-0.25, -0.2) is 4.39 Å². The largest absolute Gasteiger partial charge is 0.457 e. The van der Waals surface area contributed by atoms with Crippen LogP contribution < -0.4 is 10.5 Å². The summed E-state index contributed by atoms with van der Waals surface area (Å²) >= 11 is 3.08. The number of nitrogens with two attached hydrogens (primary N) is 1. The lowest BCUT2D eigenvalue weighted by Gasteiger charge is -2.06. The Morgan fingerprint density at radius 2 is 1.81 bits per heavy atom. The maximum atomic E-state index is 13.2. The van der Waals surface area contributed by atoms with Crippen LogP contribution in [0.3, 0.4) is 0 Å². The fraction of sp³-hybridized carbons (Fsp3) is 0. The third kappa shape index (κ3) is 2.52. The van der Waals surface area contributed by atoms with Crippen molar-refractivity contribution < 1.29 is 9.13 Å². The lowest BCUT2D eigenvalue weighted by atomic mass is 10.3. The lowest BCUT2D eigenvalue weighted by Crippen LogP contribution is -1.88. The number of rotatable bonds is 2. The van der Waals surface area contributed by atoms with E-state index in [-0.39, 0.29) is 5.82 Å². The van der Waals surface area contributed by atoms with Gasteiger partial charge < -0.3 is 10.5 Å². The number of ether oxygens (including phenoxy) is 1. The third-order valence-corrected chi connectivity index (χ3v) is 2.63. The highest BCUT2D eigenvalue weighted by atomic mass is 79.9. The second-order valence-electron chi connectivity index (χ2n) is 3.25. The summed E-state index contributed by atoms with van der Waals surface area (Å²) in [5, 5.41) is 0. The molecule has 0 heterocycles. The topological polar surface area (TPSA) is 35.2 Å². The van der Waals surface area contributed by atoms with Gasteiger partial charge in [0.25, 0.3) is 0 Å². The van der Waals surface area contributed by atoms with Crippen molar-refractivity contribution in [1.82, 2.24) is 0 Å². The maximum Gasteiger partial charge on any atom is 0.141 e. The summed E-state index contributed by atoms with van der Waals surface area (Å²) in [5.41, 5.74) is 6.21. The lowest BCUT2D eigenvalue weighted by molar-refractivity contribution is 0.476. The molecule has 2 N–H and O–H groups in total. The second-order valence-corrected chi connectivity index (χ2v) is 4.10. The van der Waals surface area contributed by atoms with Gasteiger partial charge in [0.05, 0.1) is 4.47 Å². The first-order chi connectivity index (χ1) is 7.65. The molecule has 16 heavy (non-hydrogen) atoms. The summed E-state index contributed by atoms with van der Waals surface area (Å²) < 4.78 is 19.1. The van der Waals surface area contributed by atoms with Crippen LogP contribution in [0, 0.1) is 5.82 Å². The molecule has 0 aliphatic rings. The van der Waals surface area contributed by atoms with Crippen LogP contribution >= 0.6 is 15.9 Å². The first-order valence-electron chi connectivity index (χ1n) is 4.63. The molecule has 0 aliphatic carbocycles. The highest BCUT2D eigenvalue weighted by Gasteiger charge is 2.02. The molecule has 0 saturated carbocycles. The fourth-order valence-corrected chi connectivity index (χ4v) is 1.50. The molecule has 2 aromatic carbocycles. The zero-order valence-corrected chi connectivity index (χ0v) is 9.87. The summed E-state index contributed by atoms with van der Waals surface area (Å²) in [4.78, 5) is 0. The van der Waals surface area contributed by atoms with Gasteiger partial charge in [-0.3, -0.25) is 0 Å². The van der Waals surface area contributed by atoms with Crippen molar-refractivity contribution in [3.8, 4) is 11.5 Å². The number of hydrogen-bond acceptors (Lipinski definition) is 2. The summed E-state index contributed by atoms with van der Waals surface area (Å²) in [5.74, 6) is 0.662. The zero-order chi connectivity index (χ0) is 11.5. The molecule has 0 amide bonds. The van der Waals surface area contributed by atoms with Crippen molar-refractivity contribution in [2.24, 2.45) is 0 Å². The van der Waals surface area contributed by atoms with Gasteiger partial charge in [-0.2, -0.15) is 0 Å². The molecule has 0 fully saturated rings. The first kappa shape index (κ1) is 11.0. The van der Waals surface area contributed by atoms with E-state index >= 15 is 0 Å². The van der Waals surface area contributed by atoms with Gasteiger partial charge in [-0.05, 0) is 40.2 Å². The average molecular weight is 282 g/mol. The Bertz CT molecular complexity index is 516. The van der Waals surface area contributed by atoms with Crippen LogP contribution in [-0.4, -0.2) is 0 Å². The predicted octanol–water partition coefficient (Wildman–Crippen LogP) is 3.96. The van der Waals surface area contributed by atoms with E-state index in [1.165, 1.54) is 6.07 Å². The molecule has 0 atom stereocenters. The van der Waals surface area contributed by atoms with Gasteiger partial charge in [-0.1, -0.05) is 6.07 Å². The van der Waals surface area contributed by atoms with Crippen LogP contribution in [0.25, 0.3) is 0 Å². The van der Waals surface area contributed by atoms with Crippen LogP contribution in [0.15, 0.2) is 46.9 Å². The number of anilines is 1. The standard InChI is InChI=1S/C12H9BrFNO/c13-11-5-4-10(7-12(11)14)16-9-3-1-2-8(15)6-9/h1-7H,15H2. The molecule has 0 aromatic heterocycles. The molecule has 0 spiro atoms. The van der Waals surface area contributed by atoms with Gasteiger partial charge in [0.1, 0.15) is 17.3 Å². The van der Waals surface area contributed by atoms with Crippen LogP contribution in [-0.2, 0) is 0 Å². The SMILES string of the molecule is Nc1cccc(Oc2ccc(Br)c(F)c2)c1. The highest BCUT2D eigenvalue weighted by Crippen LogP contribution is 2.26. The van der Waals surface area contributed by atoms with E-state index in [0.29, 0.717) is 21.7 Å². The predicted molar refractivity (Wildman–Crippen MR) is 65.0 cm³/mol. The Morgan fingerprint density at radius 3 is 2.50 bits per heavy atom. The minimum absolute atomic E-state index is 0.360. The fourth-order valence-electron chi connectivity index (χ4n) is 1.25. The molecule has 4 heteroatoms. The van der Waals surface area contributed by atoms with E-state index in [1.54, 1.807) is 36.4 Å². The second kappa shape index (κ2) is 4.53. The maximum absolute atomic E-state index is 13.2. The number of benzene rings is 2. The molecular weight excluding hydrogens is 273 g/mol. The number of halogens is 2. The Balaban J connectivity index is 2.24. The zero-order valence-electron chi connectivity index (χ0n) is 8.28. The van der Waals surface area contributed by atoms with Crippen LogP contribution in [0.1, 0.15) is 0 Å². The van der Waals surface area contributed by atoms with E-state index in [4.69, 9.17) is 10.5 Å². The van der Waals surface area contributed by atoms with Gasteiger partial charge >= 0.3 is 0 Å². The molecule has 82 valence electrons. The molecule has 2 nitrogen and oxygen atoms in total. The molecule has 0 saturated heterocycles. The van der Waals surface area contributed by atoms with Gasteiger partial charge in [0, 0.05) is 17.8 Å². The van der Waals surface area contributed by atoms with E-state index in [0.717, 1.165) is 0 Å². The minimum Gasteiger partial charge on any atom is -0.457 e. The van der Waals surface area contributed by atoms with E-state index in [9.17, 15) is 4.39 Å². The molecule has 0 unspecified atom stereocenters. The van der Waals surface area contributed by atoms with Crippen molar-refractivity contribution in [2.75, 3.05) is 5.73 Å². The number of hydrogen-bond donors (Lipinski definition) is 1. The van der Waals surface area contributed by atoms with Gasteiger partial charge in [0.15, 0.2) is 0 Å². The first-order valence-corrected chi connectivity index (χ1v) is 5.43. The van der Waals surface area contributed by atoms with Gasteiger partial charge in [0.2, 0.25) is 0 Å². The molecule has 2 rings (SSSR count). The highest BCUT2D eigenvalue weighted by molar-refractivity contribution is 9.10. The summed E-state index contributed by atoms with van der Waals surface area (Å²) in [6.45, 7) is 0. The van der Waals surface area contributed by atoms with E-state index in [1.807, 2.05) is 0 Å². The van der Waals surface area contributed by atoms with Gasteiger partial charge in [-0.15, -0.1) is 0 Å². The third-order valence-electron chi connectivity index (χ3n) is 1.98. The quantitative estimate of drug-likeness (QED) is 0.846. The Morgan fingerprint density at radius 1 is 1.06 bits per heavy atom. The Hall–Kier alpha value is -1.55. The van der Waals surface area contributed by atoms with E-state index < -0.39 is 0 Å². The normalized spacial score (nSPS) is 10.1. The van der Waals surface area contributed by atoms with Crippen molar-refractivity contribution >= 4 is 21.6 Å².